The summed E-state index contributed by atoms with van der Waals surface area (Å²) in [4.78, 5) is 23.1. The van der Waals surface area contributed by atoms with E-state index in [1.54, 1.807) is 13.0 Å². The molecule has 0 fully saturated rings. The molecule has 6 heteroatoms. The molecule has 1 rings (SSSR count). The smallest absolute Gasteiger partial charge is 0.335 e. The van der Waals surface area contributed by atoms with Gasteiger partial charge in [0, 0.05) is 11.4 Å². The van der Waals surface area contributed by atoms with Gasteiger partial charge in [0.05, 0.1) is 16.4 Å². The SMILES string of the molecule is CC(C)CNC(=O)C(C)S(=O)c1cccc(C(=O)O)c1. The highest BCUT2D eigenvalue weighted by Gasteiger charge is 2.22. The van der Waals surface area contributed by atoms with E-state index in [1.807, 2.05) is 13.8 Å². The van der Waals surface area contributed by atoms with E-state index in [9.17, 15) is 13.8 Å². The largest absolute Gasteiger partial charge is 0.478 e. The molecule has 20 heavy (non-hydrogen) atoms. The van der Waals surface area contributed by atoms with Gasteiger partial charge in [-0.25, -0.2) is 4.79 Å². The number of hydrogen-bond donors (Lipinski definition) is 2. The van der Waals surface area contributed by atoms with Crippen LogP contribution in [-0.4, -0.2) is 33.0 Å². The van der Waals surface area contributed by atoms with E-state index in [-0.39, 0.29) is 11.5 Å². The molecule has 0 spiro atoms. The van der Waals surface area contributed by atoms with Crippen molar-refractivity contribution >= 4 is 22.7 Å². The van der Waals surface area contributed by atoms with E-state index in [0.717, 1.165) is 0 Å². The van der Waals surface area contributed by atoms with Crippen LogP contribution in [0.25, 0.3) is 0 Å². The molecule has 0 radical (unpaired) electrons. The third-order valence-electron chi connectivity index (χ3n) is 2.69. The number of aromatic carboxylic acids is 1. The van der Waals surface area contributed by atoms with Gasteiger partial charge in [-0.05, 0) is 31.0 Å². The molecule has 1 aromatic carbocycles. The quantitative estimate of drug-likeness (QED) is 0.836. The molecule has 0 heterocycles. The Morgan fingerprint density at radius 3 is 2.50 bits per heavy atom. The van der Waals surface area contributed by atoms with Gasteiger partial charge in [0.2, 0.25) is 5.91 Å². The molecule has 5 nitrogen and oxygen atoms in total. The van der Waals surface area contributed by atoms with Gasteiger partial charge < -0.3 is 10.4 Å². The molecule has 0 aliphatic carbocycles. The second-order valence-electron chi connectivity index (χ2n) is 4.91. The summed E-state index contributed by atoms with van der Waals surface area (Å²) in [6.45, 7) is 6.03. The predicted molar refractivity (Wildman–Crippen MR) is 77.1 cm³/mol. The summed E-state index contributed by atoms with van der Waals surface area (Å²) < 4.78 is 12.3. The predicted octanol–water partition coefficient (Wildman–Crippen LogP) is 1.65. The van der Waals surface area contributed by atoms with Crippen molar-refractivity contribution in [2.45, 2.75) is 30.9 Å². The molecule has 0 saturated heterocycles. The van der Waals surface area contributed by atoms with Gasteiger partial charge in [-0.15, -0.1) is 0 Å². The fraction of sp³-hybridized carbons (Fsp3) is 0.429. The lowest BCUT2D eigenvalue weighted by atomic mass is 10.2. The molecule has 0 bridgehead atoms. The van der Waals surface area contributed by atoms with Crippen LogP contribution in [0.2, 0.25) is 0 Å². The van der Waals surface area contributed by atoms with Crippen molar-refractivity contribution in [1.29, 1.82) is 0 Å². The first-order chi connectivity index (χ1) is 9.32. The van der Waals surface area contributed by atoms with Crippen LogP contribution in [0.15, 0.2) is 29.2 Å². The van der Waals surface area contributed by atoms with E-state index in [1.165, 1.54) is 18.2 Å². The third-order valence-corrected chi connectivity index (χ3v) is 4.26. The number of carboxylic acid groups (broad SMARTS) is 1. The first-order valence-corrected chi connectivity index (χ1v) is 7.56. The van der Waals surface area contributed by atoms with Gasteiger partial charge in [0.25, 0.3) is 0 Å². The highest BCUT2D eigenvalue weighted by Crippen LogP contribution is 2.14. The normalized spacial score (nSPS) is 13.8. The first kappa shape index (κ1) is 16.4. The minimum absolute atomic E-state index is 0.0608. The molecule has 0 saturated carbocycles. The number of carbonyl (C=O) groups is 2. The van der Waals surface area contributed by atoms with Gasteiger partial charge >= 0.3 is 5.97 Å². The first-order valence-electron chi connectivity index (χ1n) is 6.34. The summed E-state index contributed by atoms with van der Waals surface area (Å²) in [7, 11) is -1.58. The van der Waals surface area contributed by atoms with Crippen molar-refractivity contribution in [2.24, 2.45) is 5.92 Å². The lowest BCUT2D eigenvalue weighted by molar-refractivity contribution is -0.120. The van der Waals surface area contributed by atoms with Crippen LogP contribution in [-0.2, 0) is 15.6 Å². The second-order valence-corrected chi connectivity index (χ2v) is 6.68. The summed E-state index contributed by atoms with van der Waals surface area (Å²) in [5.74, 6) is -1.06. The molecule has 1 amide bonds. The number of hydrogen-bond acceptors (Lipinski definition) is 3. The Balaban J connectivity index is 2.81. The third kappa shape index (κ3) is 4.45. The standard InChI is InChI=1S/C14H19NO4S/c1-9(2)8-15-13(16)10(3)20(19)12-6-4-5-11(7-12)14(17)18/h4-7,9-10H,8H2,1-3H3,(H,15,16)(H,17,18). The van der Waals surface area contributed by atoms with Crippen LogP contribution in [0.4, 0.5) is 0 Å². The highest BCUT2D eigenvalue weighted by molar-refractivity contribution is 7.86. The van der Waals surface area contributed by atoms with Crippen LogP contribution >= 0.6 is 0 Å². The van der Waals surface area contributed by atoms with Gasteiger partial charge in [0.1, 0.15) is 5.25 Å². The average Bonchev–Trinajstić information content (AvgIpc) is 2.43. The Morgan fingerprint density at radius 2 is 1.95 bits per heavy atom. The van der Waals surface area contributed by atoms with Crippen LogP contribution in [0.3, 0.4) is 0 Å². The maximum Gasteiger partial charge on any atom is 0.335 e. The van der Waals surface area contributed by atoms with Crippen molar-refractivity contribution in [2.75, 3.05) is 6.54 Å². The van der Waals surface area contributed by atoms with Crippen molar-refractivity contribution in [3.8, 4) is 0 Å². The van der Waals surface area contributed by atoms with Gasteiger partial charge in [-0.3, -0.25) is 9.00 Å². The molecule has 2 unspecified atom stereocenters. The lowest BCUT2D eigenvalue weighted by Crippen LogP contribution is -2.37. The molecule has 0 aliphatic heterocycles. The molecule has 110 valence electrons. The van der Waals surface area contributed by atoms with Crippen molar-refractivity contribution in [3.63, 3.8) is 0 Å². The van der Waals surface area contributed by atoms with Gasteiger partial charge in [0.15, 0.2) is 0 Å². The topological polar surface area (TPSA) is 83.5 Å². The maximum absolute atomic E-state index is 12.3. The summed E-state index contributed by atoms with van der Waals surface area (Å²) in [5, 5.41) is 10.9. The van der Waals surface area contributed by atoms with Crippen LogP contribution < -0.4 is 5.32 Å². The molecule has 2 N–H and O–H groups in total. The van der Waals surface area contributed by atoms with Crippen LogP contribution in [0, 0.1) is 5.92 Å². The monoisotopic (exact) mass is 297 g/mol. The van der Waals surface area contributed by atoms with Crippen LogP contribution in [0.5, 0.6) is 0 Å². The maximum atomic E-state index is 12.3. The van der Waals surface area contributed by atoms with Crippen molar-refractivity contribution < 1.29 is 18.9 Å². The van der Waals surface area contributed by atoms with E-state index < -0.39 is 22.0 Å². The fourth-order valence-corrected chi connectivity index (χ4v) is 2.65. The molecule has 1 aromatic rings. The van der Waals surface area contributed by atoms with Crippen molar-refractivity contribution in [3.05, 3.63) is 29.8 Å². The molecule has 2 atom stereocenters. The summed E-state index contributed by atoms with van der Waals surface area (Å²) in [5.41, 5.74) is 0.0608. The molecule has 0 aliphatic rings. The summed E-state index contributed by atoms with van der Waals surface area (Å²) in [6.07, 6.45) is 0. The van der Waals surface area contributed by atoms with Gasteiger partial charge in [-0.2, -0.15) is 0 Å². The van der Waals surface area contributed by atoms with Gasteiger partial charge in [-0.1, -0.05) is 19.9 Å². The van der Waals surface area contributed by atoms with E-state index in [4.69, 9.17) is 5.11 Å². The minimum Gasteiger partial charge on any atom is -0.478 e. The zero-order chi connectivity index (χ0) is 15.3. The van der Waals surface area contributed by atoms with E-state index >= 15 is 0 Å². The summed E-state index contributed by atoms with van der Waals surface area (Å²) >= 11 is 0. The lowest BCUT2D eigenvalue weighted by Gasteiger charge is -2.13. The van der Waals surface area contributed by atoms with Crippen molar-refractivity contribution in [1.82, 2.24) is 5.32 Å². The molecular weight excluding hydrogens is 278 g/mol. The number of nitrogens with one attached hydrogen (secondary N) is 1. The molecule has 0 aromatic heterocycles. The number of carbonyl (C=O) groups excluding carboxylic acids is 1. The zero-order valence-electron chi connectivity index (χ0n) is 11.8. The fourth-order valence-electron chi connectivity index (χ4n) is 1.50. The van der Waals surface area contributed by atoms with Crippen LogP contribution in [0.1, 0.15) is 31.1 Å². The number of benzene rings is 1. The highest BCUT2D eigenvalue weighted by atomic mass is 32.2. The Hall–Kier alpha value is -1.69. The Morgan fingerprint density at radius 1 is 1.30 bits per heavy atom. The second kappa shape index (κ2) is 7.19. The average molecular weight is 297 g/mol. The minimum atomic E-state index is -1.58. The summed E-state index contributed by atoms with van der Waals surface area (Å²) in [6, 6.07) is 5.85. The Bertz CT molecular complexity index is 528. The molecular formula is C14H19NO4S. The Labute approximate surface area is 120 Å². The van der Waals surface area contributed by atoms with E-state index in [0.29, 0.717) is 17.4 Å². The number of amides is 1. The Kier molecular flexibility index (Phi) is 5.88. The number of carboxylic acids is 1. The number of rotatable bonds is 6. The zero-order valence-corrected chi connectivity index (χ0v) is 12.6. The van der Waals surface area contributed by atoms with E-state index in [2.05, 4.69) is 5.32 Å².